The van der Waals surface area contributed by atoms with Gasteiger partial charge in [0.25, 0.3) is 0 Å². The second-order valence-corrected chi connectivity index (χ2v) is 6.67. The highest BCUT2D eigenvalue weighted by atomic mass is 32.2. The van der Waals surface area contributed by atoms with Crippen molar-refractivity contribution in [2.24, 2.45) is 5.92 Å². The van der Waals surface area contributed by atoms with Gasteiger partial charge in [-0.15, -0.1) is 0 Å². The van der Waals surface area contributed by atoms with Crippen molar-refractivity contribution in [1.29, 1.82) is 0 Å². The lowest BCUT2D eigenvalue weighted by atomic mass is 10.00. The van der Waals surface area contributed by atoms with Crippen LogP contribution in [0.4, 0.5) is 0 Å². The predicted molar refractivity (Wildman–Crippen MR) is 59.1 cm³/mol. The summed E-state index contributed by atoms with van der Waals surface area (Å²) in [6.45, 7) is 6.49. The molecule has 1 aliphatic rings. The summed E-state index contributed by atoms with van der Waals surface area (Å²) in [7, 11) is -2.74. The van der Waals surface area contributed by atoms with Crippen LogP contribution < -0.4 is 5.32 Å². The van der Waals surface area contributed by atoms with E-state index in [4.69, 9.17) is 0 Å². The van der Waals surface area contributed by atoms with Crippen LogP contribution in [0.15, 0.2) is 0 Å². The van der Waals surface area contributed by atoms with Crippen molar-refractivity contribution < 1.29 is 8.42 Å². The Balaban J connectivity index is 2.39. The Morgan fingerprint density at radius 1 is 1.43 bits per heavy atom. The van der Waals surface area contributed by atoms with E-state index in [9.17, 15) is 8.42 Å². The number of nitrogens with one attached hydrogen (secondary N) is 1. The minimum atomic E-state index is -2.74. The molecule has 3 atom stereocenters. The standard InChI is InChI=1S/C10H21NO2S/c1-4-8(2)9(3)11-10-5-6-14(12,13)7-10/h8-11H,4-7H2,1-3H3/t8-,9-,10-/m1/s1. The van der Waals surface area contributed by atoms with Crippen molar-refractivity contribution in [2.75, 3.05) is 11.5 Å². The van der Waals surface area contributed by atoms with Gasteiger partial charge in [0.1, 0.15) is 0 Å². The van der Waals surface area contributed by atoms with Crippen LogP contribution in [0.2, 0.25) is 0 Å². The normalized spacial score (nSPS) is 30.1. The smallest absolute Gasteiger partial charge is 0.151 e. The molecule has 0 bridgehead atoms. The van der Waals surface area contributed by atoms with Gasteiger partial charge in [-0.25, -0.2) is 8.42 Å². The van der Waals surface area contributed by atoms with Gasteiger partial charge < -0.3 is 5.32 Å². The summed E-state index contributed by atoms with van der Waals surface area (Å²) in [5, 5.41) is 3.41. The molecule has 4 heteroatoms. The number of sulfone groups is 1. The molecule has 0 saturated carbocycles. The summed E-state index contributed by atoms with van der Waals surface area (Å²) in [4.78, 5) is 0. The second kappa shape index (κ2) is 4.62. The van der Waals surface area contributed by atoms with E-state index in [1.54, 1.807) is 0 Å². The van der Waals surface area contributed by atoms with E-state index in [2.05, 4.69) is 26.1 Å². The molecule has 84 valence electrons. The first-order valence-corrected chi connectivity index (χ1v) is 7.23. The van der Waals surface area contributed by atoms with Crippen LogP contribution in [0.1, 0.15) is 33.6 Å². The Labute approximate surface area is 87.2 Å². The van der Waals surface area contributed by atoms with Crippen molar-refractivity contribution in [3.8, 4) is 0 Å². The lowest BCUT2D eigenvalue weighted by molar-refractivity contribution is 0.359. The molecule has 0 aromatic carbocycles. The highest BCUT2D eigenvalue weighted by Crippen LogP contribution is 2.14. The summed E-state index contributed by atoms with van der Waals surface area (Å²) in [6.07, 6.45) is 1.91. The average molecular weight is 219 g/mol. The quantitative estimate of drug-likeness (QED) is 0.773. The first-order valence-electron chi connectivity index (χ1n) is 5.41. The SMILES string of the molecule is CC[C@@H](C)[C@@H](C)N[C@@H]1CCS(=O)(=O)C1. The fourth-order valence-corrected chi connectivity index (χ4v) is 3.50. The average Bonchev–Trinajstić information content (AvgIpc) is 2.44. The van der Waals surface area contributed by atoms with Gasteiger partial charge in [0.15, 0.2) is 9.84 Å². The topological polar surface area (TPSA) is 46.2 Å². The van der Waals surface area contributed by atoms with Gasteiger partial charge in [0.2, 0.25) is 0 Å². The van der Waals surface area contributed by atoms with Crippen LogP contribution in [0.5, 0.6) is 0 Å². The Kier molecular flexibility index (Phi) is 3.95. The summed E-state index contributed by atoms with van der Waals surface area (Å²) in [6, 6.07) is 0.599. The van der Waals surface area contributed by atoms with E-state index in [0.29, 0.717) is 23.5 Å². The summed E-state index contributed by atoms with van der Waals surface area (Å²) >= 11 is 0. The number of hydrogen-bond donors (Lipinski definition) is 1. The van der Waals surface area contributed by atoms with Gasteiger partial charge in [0.05, 0.1) is 11.5 Å². The van der Waals surface area contributed by atoms with Crippen LogP contribution in [0.3, 0.4) is 0 Å². The van der Waals surface area contributed by atoms with Crippen molar-refractivity contribution in [3.05, 3.63) is 0 Å². The summed E-state index contributed by atoms with van der Waals surface area (Å²) in [5.74, 6) is 1.30. The lowest BCUT2D eigenvalue weighted by Gasteiger charge is -2.23. The van der Waals surface area contributed by atoms with Gasteiger partial charge in [0, 0.05) is 12.1 Å². The van der Waals surface area contributed by atoms with Gasteiger partial charge in [-0.2, -0.15) is 0 Å². The van der Waals surface area contributed by atoms with E-state index in [1.165, 1.54) is 0 Å². The molecule has 3 nitrogen and oxygen atoms in total. The van der Waals surface area contributed by atoms with Gasteiger partial charge >= 0.3 is 0 Å². The Hall–Kier alpha value is -0.0900. The fourth-order valence-electron chi connectivity index (χ4n) is 1.82. The van der Waals surface area contributed by atoms with Gasteiger partial charge in [-0.05, 0) is 19.3 Å². The zero-order valence-electron chi connectivity index (χ0n) is 9.29. The van der Waals surface area contributed by atoms with Crippen molar-refractivity contribution in [3.63, 3.8) is 0 Å². The predicted octanol–water partition coefficient (Wildman–Crippen LogP) is 1.20. The number of rotatable bonds is 4. The monoisotopic (exact) mass is 219 g/mol. The van der Waals surface area contributed by atoms with Crippen LogP contribution >= 0.6 is 0 Å². The zero-order chi connectivity index (χ0) is 10.8. The molecular weight excluding hydrogens is 198 g/mol. The van der Waals surface area contributed by atoms with Crippen molar-refractivity contribution in [2.45, 2.75) is 45.7 Å². The third kappa shape index (κ3) is 3.24. The highest BCUT2D eigenvalue weighted by molar-refractivity contribution is 7.91. The molecule has 1 heterocycles. The lowest BCUT2D eigenvalue weighted by Crippen LogP contribution is -2.40. The highest BCUT2D eigenvalue weighted by Gasteiger charge is 2.29. The Bertz CT molecular complexity index is 274. The van der Waals surface area contributed by atoms with E-state index in [0.717, 1.165) is 12.8 Å². The van der Waals surface area contributed by atoms with Gasteiger partial charge in [-0.3, -0.25) is 0 Å². The molecule has 1 N–H and O–H groups in total. The maximum atomic E-state index is 11.2. The molecular formula is C10H21NO2S. The van der Waals surface area contributed by atoms with Gasteiger partial charge in [-0.1, -0.05) is 20.3 Å². The Morgan fingerprint density at radius 2 is 2.07 bits per heavy atom. The molecule has 14 heavy (non-hydrogen) atoms. The minimum Gasteiger partial charge on any atom is -0.310 e. The first kappa shape index (κ1) is 12.0. The maximum Gasteiger partial charge on any atom is 0.151 e. The maximum absolute atomic E-state index is 11.2. The largest absolute Gasteiger partial charge is 0.310 e. The molecule has 0 amide bonds. The molecule has 1 fully saturated rings. The van der Waals surface area contributed by atoms with Crippen LogP contribution in [-0.4, -0.2) is 32.0 Å². The third-order valence-electron chi connectivity index (χ3n) is 3.23. The van der Waals surface area contributed by atoms with E-state index >= 15 is 0 Å². The van der Waals surface area contributed by atoms with Crippen molar-refractivity contribution >= 4 is 9.84 Å². The first-order chi connectivity index (χ1) is 6.44. The van der Waals surface area contributed by atoms with E-state index in [-0.39, 0.29) is 6.04 Å². The molecule has 0 aromatic heterocycles. The van der Waals surface area contributed by atoms with Crippen LogP contribution in [0.25, 0.3) is 0 Å². The molecule has 0 aromatic rings. The Morgan fingerprint density at radius 3 is 2.50 bits per heavy atom. The minimum absolute atomic E-state index is 0.184. The second-order valence-electron chi connectivity index (χ2n) is 4.44. The summed E-state index contributed by atoms with van der Waals surface area (Å²) < 4.78 is 22.4. The molecule has 1 saturated heterocycles. The van der Waals surface area contributed by atoms with Crippen LogP contribution in [-0.2, 0) is 9.84 Å². The molecule has 0 radical (unpaired) electrons. The molecule has 1 rings (SSSR count). The number of hydrogen-bond acceptors (Lipinski definition) is 3. The van der Waals surface area contributed by atoms with E-state index in [1.807, 2.05) is 0 Å². The summed E-state index contributed by atoms with van der Waals surface area (Å²) in [5.41, 5.74) is 0. The molecule has 0 aliphatic carbocycles. The molecule has 1 aliphatic heterocycles. The molecule has 0 unspecified atom stereocenters. The fraction of sp³-hybridized carbons (Fsp3) is 1.00. The third-order valence-corrected chi connectivity index (χ3v) is 5.00. The molecule has 0 spiro atoms. The van der Waals surface area contributed by atoms with E-state index < -0.39 is 9.84 Å². The zero-order valence-corrected chi connectivity index (χ0v) is 10.1. The van der Waals surface area contributed by atoms with Crippen LogP contribution in [0, 0.1) is 5.92 Å². The van der Waals surface area contributed by atoms with Crippen molar-refractivity contribution in [1.82, 2.24) is 5.32 Å².